The van der Waals surface area contributed by atoms with Crippen molar-refractivity contribution >= 4 is 24.5 Å². The molecule has 1 aromatic carbocycles. The minimum Gasteiger partial charge on any atom is -0.499 e. The summed E-state index contributed by atoms with van der Waals surface area (Å²) in [7, 11) is -1.45. The standard InChI is InChI=1S/C14H16BF3N2O4/c1-9(21)20(6-5-19)7-10-3-2-4-11-8-23-15(12(10)11)24-13(22)14(16,17)18/h2-4H,5-8,19H2,1H3. The summed E-state index contributed by atoms with van der Waals surface area (Å²) in [5, 5.41) is 0. The predicted octanol–water partition coefficient (Wildman–Crippen LogP) is 0.325. The Hall–Kier alpha value is -2.07. The van der Waals surface area contributed by atoms with Crippen LogP contribution in [0, 0.1) is 0 Å². The maximum atomic E-state index is 12.4. The number of carbonyl (C=O) groups excluding carboxylic acids is 2. The van der Waals surface area contributed by atoms with Crippen LogP contribution in [-0.2, 0) is 32.0 Å². The number of benzene rings is 1. The van der Waals surface area contributed by atoms with Crippen LogP contribution in [0.2, 0.25) is 0 Å². The number of nitrogens with zero attached hydrogens (tertiary/aromatic N) is 1. The molecule has 130 valence electrons. The molecule has 0 saturated carbocycles. The van der Waals surface area contributed by atoms with E-state index >= 15 is 0 Å². The van der Waals surface area contributed by atoms with Crippen LogP contribution in [0.5, 0.6) is 0 Å². The van der Waals surface area contributed by atoms with Gasteiger partial charge < -0.3 is 19.9 Å². The first-order valence-corrected chi connectivity index (χ1v) is 7.19. The Morgan fingerprint density at radius 2 is 2.12 bits per heavy atom. The van der Waals surface area contributed by atoms with Gasteiger partial charge in [0.2, 0.25) is 5.91 Å². The van der Waals surface area contributed by atoms with E-state index in [2.05, 4.69) is 4.65 Å². The molecule has 0 atom stereocenters. The van der Waals surface area contributed by atoms with Crippen LogP contribution < -0.4 is 11.2 Å². The average molecular weight is 344 g/mol. The Morgan fingerprint density at radius 1 is 1.42 bits per heavy atom. The van der Waals surface area contributed by atoms with Gasteiger partial charge in [-0.1, -0.05) is 18.2 Å². The van der Waals surface area contributed by atoms with Crippen LogP contribution in [0.3, 0.4) is 0 Å². The highest BCUT2D eigenvalue weighted by Gasteiger charge is 2.46. The zero-order valence-electron chi connectivity index (χ0n) is 12.9. The average Bonchev–Trinajstić information content (AvgIpc) is 2.90. The highest BCUT2D eigenvalue weighted by Crippen LogP contribution is 2.21. The number of amides is 1. The molecule has 0 unspecified atom stereocenters. The summed E-state index contributed by atoms with van der Waals surface area (Å²) in [6.45, 7) is 2.08. The van der Waals surface area contributed by atoms with E-state index in [1.165, 1.54) is 11.8 Å². The fourth-order valence-electron chi connectivity index (χ4n) is 2.45. The molecule has 1 aromatic rings. The smallest absolute Gasteiger partial charge is 0.499 e. The molecule has 1 heterocycles. The molecular formula is C14H16BF3N2O4. The fraction of sp³-hybridized carbons (Fsp3) is 0.429. The molecule has 2 rings (SSSR count). The van der Waals surface area contributed by atoms with Crippen LogP contribution in [0.15, 0.2) is 18.2 Å². The van der Waals surface area contributed by atoms with E-state index in [9.17, 15) is 22.8 Å². The number of hydrogen-bond acceptors (Lipinski definition) is 5. The molecule has 1 amide bonds. The Bertz CT molecular complexity index is 639. The van der Waals surface area contributed by atoms with Gasteiger partial charge in [0.15, 0.2) is 0 Å². The van der Waals surface area contributed by atoms with E-state index in [0.29, 0.717) is 23.1 Å². The molecule has 0 aromatic heterocycles. The maximum Gasteiger partial charge on any atom is 0.565 e. The lowest BCUT2D eigenvalue weighted by Gasteiger charge is -2.22. The number of halogens is 3. The molecule has 24 heavy (non-hydrogen) atoms. The molecule has 0 fully saturated rings. The SMILES string of the molecule is CC(=O)N(CCN)Cc1cccc2c1B(OC(=O)C(F)(F)F)OC2. The van der Waals surface area contributed by atoms with Gasteiger partial charge in [-0.2, -0.15) is 13.2 Å². The zero-order valence-corrected chi connectivity index (χ0v) is 12.9. The van der Waals surface area contributed by atoms with Crippen molar-refractivity contribution in [3.63, 3.8) is 0 Å². The van der Waals surface area contributed by atoms with E-state index < -0.39 is 19.3 Å². The van der Waals surface area contributed by atoms with Crippen LogP contribution in [0.25, 0.3) is 0 Å². The minimum atomic E-state index is -5.11. The van der Waals surface area contributed by atoms with Gasteiger partial charge in [-0.15, -0.1) is 0 Å². The Balaban J connectivity index is 2.26. The van der Waals surface area contributed by atoms with Crippen molar-refractivity contribution in [2.75, 3.05) is 13.1 Å². The van der Waals surface area contributed by atoms with Crippen molar-refractivity contribution in [1.29, 1.82) is 0 Å². The largest absolute Gasteiger partial charge is 0.565 e. The second kappa shape index (κ2) is 7.22. The van der Waals surface area contributed by atoms with Gasteiger partial charge in [0.25, 0.3) is 0 Å². The molecule has 0 radical (unpaired) electrons. The van der Waals surface area contributed by atoms with Crippen molar-refractivity contribution < 1.29 is 32.1 Å². The Morgan fingerprint density at radius 3 is 2.71 bits per heavy atom. The normalized spacial score (nSPS) is 13.6. The third kappa shape index (κ3) is 4.06. The highest BCUT2D eigenvalue weighted by atomic mass is 19.4. The quantitative estimate of drug-likeness (QED) is 0.779. The van der Waals surface area contributed by atoms with Gasteiger partial charge >= 0.3 is 19.3 Å². The number of hydrogen-bond donors (Lipinski definition) is 1. The second-order valence-corrected chi connectivity index (χ2v) is 5.27. The summed E-state index contributed by atoms with van der Waals surface area (Å²) in [4.78, 5) is 24.2. The van der Waals surface area contributed by atoms with Crippen molar-refractivity contribution in [3.8, 4) is 0 Å². The van der Waals surface area contributed by atoms with Crippen LogP contribution in [0.1, 0.15) is 18.1 Å². The van der Waals surface area contributed by atoms with Gasteiger partial charge in [-0.25, -0.2) is 4.79 Å². The highest BCUT2D eigenvalue weighted by molar-refractivity contribution is 6.65. The molecule has 1 aliphatic heterocycles. The Labute approximate surface area is 136 Å². The van der Waals surface area contributed by atoms with E-state index in [1.807, 2.05) is 0 Å². The lowest BCUT2D eigenvalue weighted by molar-refractivity contribution is -0.191. The molecule has 6 nitrogen and oxygen atoms in total. The number of alkyl halides is 3. The third-order valence-electron chi connectivity index (χ3n) is 3.56. The molecule has 2 N–H and O–H groups in total. The molecule has 0 spiro atoms. The number of nitrogens with two attached hydrogens (primary N) is 1. The van der Waals surface area contributed by atoms with Gasteiger partial charge in [-0.3, -0.25) is 4.79 Å². The number of carbonyl (C=O) groups is 2. The third-order valence-corrected chi connectivity index (χ3v) is 3.56. The van der Waals surface area contributed by atoms with Gasteiger partial charge in [0.05, 0.1) is 6.61 Å². The van der Waals surface area contributed by atoms with Crippen LogP contribution in [-0.4, -0.2) is 43.2 Å². The topological polar surface area (TPSA) is 81.9 Å². The molecule has 0 bridgehead atoms. The summed E-state index contributed by atoms with van der Waals surface area (Å²) in [5.41, 5.74) is 6.97. The summed E-state index contributed by atoms with van der Waals surface area (Å²) < 4.78 is 46.8. The monoisotopic (exact) mass is 344 g/mol. The number of rotatable bonds is 5. The maximum absolute atomic E-state index is 12.4. The van der Waals surface area contributed by atoms with Gasteiger partial charge in [0, 0.05) is 32.0 Å². The Kier molecular flexibility index (Phi) is 5.50. The van der Waals surface area contributed by atoms with E-state index in [-0.39, 0.29) is 25.6 Å². The lowest BCUT2D eigenvalue weighted by Crippen LogP contribution is -2.42. The zero-order chi connectivity index (χ0) is 17.9. The summed E-state index contributed by atoms with van der Waals surface area (Å²) in [6, 6.07) is 5.02. The van der Waals surface area contributed by atoms with Crippen LogP contribution >= 0.6 is 0 Å². The molecule has 1 aliphatic rings. The molecule has 10 heteroatoms. The van der Waals surface area contributed by atoms with Gasteiger partial charge in [0.1, 0.15) is 0 Å². The molecule has 0 aliphatic carbocycles. The lowest BCUT2D eigenvalue weighted by atomic mass is 9.75. The first-order chi connectivity index (χ1) is 11.2. The predicted molar refractivity (Wildman–Crippen MR) is 78.9 cm³/mol. The second-order valence-electron chi connectivity index (χ2n) is 5.27. The van der Waals surface area contributed by atoms with Crippen molar-refractivity contribution in [2.45, 2.75) is 26.3 Å². The van der Waals surface area contributed by atoms with E-state index in [0.717, 1.165) is 0 Å². The first kappa shape index (κ1) is 18.3. The van der Waals surface area contributed by atoms with Crippen molar-refractivity contribution in [3.05, 3.63) is 29.3 Å². The van der Waals surface area contributed by atoms with Crippen molar-refractivity contribution in [1.82, 2.24) is 4.90 Å². The minimum absolute atomic E-state index is 0.0237. The summed E-state index contributed by atoms with van der Waals surface area (Å²) in [5.74, 6) is -2.54. The molecular weight excluding hydrogens is 328 g/mol. The molecule has 0 saturated heterocycles. The summed E-state index contributed by atoms with van der Waals surface area (Å²) in [6.07, 6.45) is -5.11. The van der Waals surface area contributed by atoms with E-state index in [4.69, 9.17) is 10.4 Å². The van der Waals surface area contributed by atoms with Crippen LogP contribution in [0.4, 0.5) is 13.2 Å². The summed E-state index contributed by atoms with van der Waals surface area (Å²) >= 11 is 0. The fourth-order valence-corrected chi connectivity index (χ4v) is 2.45. The number of fused-ring (bicyclic) bond motifs is 1. The van der Waals surface area contributed by atoms with Crippen molar-refractivity contribution in [2.24, 2.45) is 5.73 Å². The first-order valence-electron chi connectivity index (χ1n) is 7.19. The van der Waals surface area contributed by atoms with E-state index in [1.54, 1.807) is 18.2 Å². The van der Waals surface area contributed by atoms with Gasteiger partial charge in [-0.05, 0) is 11.1 Å².